The lowest BCUT2D eigenvalue weighted by Gasteiger charge is -2.16. The van der Waals surface area contributed by atoms with E-state index < -0.39 is 5.97 Å². The van der Waals surface area contributed by atoms with E-state index in [0.29, 0.717) is 19.0 Å². The number of aromatic nitrogens is 2. The van der Waals surface area contributed by atoms with Gasteiger partial charge >= 0.3 is 5.97 Å². The summed E-state index contributed by atoms with van der Waals surface area (Å²) in [5.74, 6) is 0.106. The van der Waals surface area contributed by atoms with Crippen molar-refractivity contribution in [1.82, 2.24) is 9.97 Å². The Morgan fingerprint density at radius 1 is 1.50 bits per heavy atom. The molecule has 0 saturated carbocycles. The summed E-state index contributed by atoms with van der Waals surface area (Å²) in [7, 11) is 1.27. The molecule has 0 atom stereocenters. The fourth-order valence-electron chi connectivity index (χ4n) is 1.04. The third kappa shape index (κ3) is 1.46. The van der Waals surface area contributed by atoms with E-state index in [9.17, 15) is 4.79 Å². The highest BCUT2D eigenvalue weighted by atomic mass is 16.6. The first-order chi connectivity index (χ1) is 6.81. The van der Waals surface area contributed by atoms with Gasteiger partial charge in [0.15, 0.2) is 5.75 Å². The van der Waals surface area contributed by atoms with Gasteiger partial charge in [0.05, 0.1) is 13.3 Å². The van der Waals surface area contributed by atoms with Crippen LogP contribution in [0.15, 0.2) is 6.20 Å². The molecule has 0 radical (unpaired) electrons. The molecule has 74 valence electrons. The third-order valence-electron chi connectivity index (χ3n) is 1.67. The Morgan fingerprint density at radius 3 is 3.07 bits per heavy atom. The van der Waals surface area contributed by atoms with Crippen LogP contribution >= 0.6 is 0 Å². The van der Waals surface area contributed by atoms with Crippen LogP contribution in [-0.2, 0) is 4.74 Å². The van der Waals surface area contributed by atoms with Gasteiger partial charge in [-0.3, -0.25) is 0 Å². The van der Waals surface area contributed by atoms with E-state index in [4.69, 9.17) is 9.47 Å². The maximum absolute atomic E-state index is 11.1. The van der Waals surface area contributed by atoms with Crippen molar-refractivity contribution in [2.24, 2.45) is 0 Å². The first-order valence-electron chi connectivity index (χ1n) is 4.02. The molecule has 0 fully saturated rings. The first kappa shape index (κ1) is 8.74. The molecule has 0 spiro atoms. The molecule has 2 heterocycles. The molecule has 1 aromatic heterocycles. The number of hydrogen-bond donors (Lipinski definition) is 0. The quantitative estimate of drug-likeness (QED) is 0.590. The number of fused-ring (bicyclic) bond motifs is 1. The van der Waals surface area contributed by atoms with Gasteiger partial charge in [-0.05, 0) is 0 Å². The van der Waals surface area contributed by atoms with Gasteiger partial charge in [0, 0.05) is 0 Å². The zero-order chi connectivity index (χ0) is 9.97. The van der Waals surface area contributed by atoms with Crippen molar-refractivity contribution in [1.29, 1.82) is 0 Å². The Balaban J connectivity index is 2.33. The van der Waals surface area contributed by atoms with Crippen molar-refractivity contribution in [2.45, 2.75) is 0 Å². The van der Waals surface area contributed by atoms with Crippen molar-refractivity contribution >= 4 is 5.97 Å². The maximum Gasteiger partial charge on any atom is 0.376 e. The lowest BCUT2D eigenvalue weighted by molar-refractivity contribution is 0.0583. The van der Waals surface area contributed by atoms with Gasteiger partial charge in [0.1, 0.15) is 13.2 Å². The summed E-state index contributed by atoms with van der Waals surface area (Å²) >= 11 is 0. The van der Waals surface area contributed by atoms with Crippen LogP contribution in [0.2, 0.25) is 0 Å². The Labute approximate surface area is 79.8 Å². The molecule has 0 aliphatic carbocycles. The molecule has 1 aliphatic rings. The zero-order valence-electron chi connectivity index (χ0n) is 7.52. The van der Waals surface area contributed by atoms with Crippen LogP contribution in [-0.4, -0.2) is 36.3 Å². The van der Waals surface area contributed by atoms with Crippen LogP contribution in [0.3, 0.4) is 0 Å². The van der Waals surface area contributed by atoms with Gasteiger partial charge in [-0.2, -0.15) is 4.98 Å². The van der Waals surface area contributed by atoms with Gasteiger partial charge in [-0.15, -0.1) is 0 Å². The minimum absolute atomic E-state index is 0.0308. The average molecular weight is 196 g/mol. The van der Waals surface area contributed by atoms with Crippen LogP contribution in [0.4, 0.5) is 0 Å². The molecule has 6 heteroatoms. The van der Waals surface area contributed by atoms with Crippen molar-refractivity contribution < 1.29 is 19.0 Å². The summed E-state index contributed by atoms with van der Waals surface area (Å²) in [6.07, 6.45) is 1.40. The molecule has 14 heavy (non-hydrogen) atoms. The Bertz CT molecular complexity index is 366. The molecule has 1 aliphatic heterocycles. The number of esters is 1. The number of methoxy groups -OCH3 is 1. The summed E-state index contributed by atoms with van der Waals surface area (Å²) < 4.78 is 14.8. The van der Waals surface area contributed by atoms with Gasteiger partial charge in [0.25, 0.3) is 5.88 Å². The second-order valence-corrected chi connectivity index (χ2v) is 2.55. The molecule has 0 N–H and O–H groups in total. The van der Waals surface area contributed by atoms with Crippen molar-refractivity contribution in [3.63, 3.8) is 0 Å². The molecule has 2 rings (SSSR count). The Kier molecular flexibility index (Phi) is 2.18. The molecule has 0 unspecified atom stereocenters. The third-order valence-corrected chi connectivity index (χ3v) is 1.67. The standard InChI is InChI=1S/C8H8N2O4/c1-12-8(11)6-9-4-5-7(10-6)14-3-2-13-5/h4H,2-3H2,1H3. The van der Waals surface area contributed by atoms with Crippen LogP contribution in [0.1, 0.15) is 10.6 Å². The highest BCUT2D eigenvalue weighted by Crippen LogP contribution is 2.25. The molecule has 0 aromatic carbocycles. The summed E-state index contributed by atoms with van der Waals surface area (Å²) in [6, 6.07) is 0. The predicted molar refractivity (Wildman–Crippen MR) is 44.4 cm³/mol. The van der Waals surface area contributed by atoms with E-state index in [0.717, 1.165) is 0 Å². The van der Waals surface area contributed by atoms with E-state index in [1.54, 1.807) is 0 Å². The smallest absolute Gasteiger partial charge is 0.376 e. The van der Waals surface area contributed by atoms with Crippen molar-refractivity contribution in [3.8, 4) is 11.6 Å². The second-order valence-electron chi connectivity index (χ2n) is 2.55. The monoisotopic (exact) mass is 196 g/mol. The molecular weight excluding hydrogens is 188 g/mol. The Hall–Kier alpha value is -1.85. The minimum atomic E-state index is -0.595. The van der Waals surface area contributed by atoms with E-state index in [1.807, 2.05) is 0 Å². The largest absolute Gasteiger partial charge is 0.483 e. The number of ether oxygens (including phenoxy) is 3. The van der Waals surface area contributed by atoms with Crippen LogP contribution in [0, 0.1) is 0 Å². The number of hydrogen-bond acceptors (Lipinski definition) is 6. The summed E-state index contributed by atoms with van der Waals surface area (Å²) in [5, 5.41) is 0. The highest BCUT2D eigenvalue weighted by Gasteiger charge is 2.18. The maximum atomic E-state index is 11.1. The van der Waals surface area contributed by atoms with Gasteiger partial charge in [-0.25, -0.2) is 9.78 Å². The van der Waals surface area contributed by atoms with Gasteiger partial charge in [-0.1, -0.05) is 0 Å². The summed E-state index contributed by atoms with van der Waals surface area (Å²) in [4.78, 5) is 18.7. The molecular formula is C8H8N2O4. The van der Waals surface area contributed by atoms with E-state index >= 15 is 0 Å². The number of rotatable bonds is 1. The van der Waals surface area contributed by atoms with Gasteiger partial charge < -0.3 is 14.2 Å². The Morgan fingerprint density at radius 2 is 2.29 bits per heavy atom. The lowest BCUT2D eigenvalue weighted by Crippen LogP contribution is -2.18. The van der Waals surface area contributed by atoms with Crippen molar-refractivity contribution in [3.05, 3.63) is 12.0 Å². The molecule has 1 aromatic rings. The molecule has 0 saturated heterocycles. The van der Waals surface area contributed by atoms with Crippen LogP contribution in [0.5, 0.6) is 11.6 Å². The van der Waals surface area contributed by atoms with Crippen LogP contribution in [0.25, 0.3) is 0 Å². The lowest BCUT2D eigenvalue weighted by atomic mass is 10.5. The fraction of sp³-hybridized carbons (Fsp3) is 0.375. The molecule has 0 amide bonds. The molecule has 6 nitrogen and oxygen atoms in total. The van der Waals surface area contributed by atoms with E-state index in [1.165, 1.54) is 13.3 Å². The first-order valence-corrected chi connectivity index (χ1v) is 4.02. The highest BCUT2D eigenvalue weighted by molar-refractivity contribution is 5.85. The minimum Gasteiger partial charge on any atom is -0.483 e. The van der Waals surface area contributed by atoms with Crippen LogP contribution < -0.4 is 9.47 Å². The topological polar surface area (TPSA) is 70.5 Å². The average Bonchev–Trinajstić information content (AvgIpc) is 2.27. The SMILES string of the molecule is COC(=O)c1ncc2c(n1)OCCO2. The second kappa shape index (κ2) is 3.49. The normalized spacial score (nSPS) is 13.5. The number of carbonyl (C=O) groups is 1. The van der Waals surface area contributed by atoms with Crippen molar-refractivity contribution in [2.75, 3.05) is 20.3 Å². The predicted octanol–water partition coefficient (Wildman–Crippen LogP) is 0.0344. The molecule has 0 bridgehead atoms. The number of carbonyl (C=O) groups excluding carboxylic acids is 1. The summed E-state index contributed by atoms with van der Waals surface area (Å²) in [5.41, 5.74) is 0. The van der Waals surface area contributed by atoms with E-state index in [-0.39, 0.29) is 11.7 Å². The van der Waals surface area contributed by atoms with E-state index in [2.05, 4.69) is 14.7 Å². The summed E-state index contributed by atoms with van der Waals surface area (Å²) in [6.45, 7) is 0.887. The zero-order valence-corrected chi connectivity index (χ0v) is 7.52. The number of nitrogens with zero attached hydrogens (tertiary/aromatic N) is 2. The fourth-order valence-corrected chi connectivity index (χ4v) is 1.04. The van der Waals surface area contributed by atoms with Gasteiger partial charge in [0.2, 0.25) is 5.82 Å².